The number of fused-ring (bicyclic) bond motifs is 1. The molecular formula is C31H42ClN5O15P2. The van der Waals surface area contributed by atoms with Crippen molar-refractivity contribution in [3.63, 3.8) is 0 Å². The summed E-state index contributed by atoms with van der Waals surface area (Å²) in [5.41, 5.74) is -0.459. The van der Waals surface area contributed by atoms with Crippen LogP contribution in [0.2, 0.25) is 5.28 Å². The number of nitrogens with zero attached hydrogens (tertiary/aromatic N) is 5. The summed E-state index contributed by atoms with van der Waals surface area (Å²) in [4.78, 5) is 38.1. The summed E-state index contributed by atoms with van der Waals surface area (Å²) in [5, 5.41) is 37.1. The van der Waals surface area contributed by atoms with Crippen LogP contribution in [0.3, 0.4) is 0 Å². The number of anilines is 1. The van der Waals surface area contributed by atoms with Gasteiger partial charge in [-0.2, -0.15) is 15.1 Å². The number of β-amino-alcohol motifs (C(OH)–C–C–N with tert-alkyl or cyclic N) is 1. The summed E-state index contributed by atoms with van der Waals surface area (Å²) in [5.74, 6) is 1.89. The van der Waals surface area contributed by atoms with Crippen LogP contribution in [0.5, 0.6) is 5.75 Å². The maximum Gasteiger partial charge on any atom is 0.340 e. The standard InChI is InChI=1S/C31H42ClN5O15P2/c1-2-7-46-8-9-47-10-11-48-12-13-49-14-15-50-22-5-3-21(4-6-22)31(40)18-36(19-31)27-23-16-33-37(28(23)35-30(32)34-27)29-26(39)25(38)24(52-29)17-51-54(44,45)20-53(41,42)43/h1,3-6,16,24-26,29,38-40H,7-15,17-20H2,(H,44,45)(H2,41,42,43)/t24-,25-,26-,29-/m1/s1. The highest BCUT2D eigenvalue weighted by molar-refractivity contribution is 7.70. The van der Waals surface area contributed by atoms with Gasteiger partial charge in [-0.3, -0.25) is 9.13 Å². The Labute approximate surface area is 314 Å². The molecule has 2 aromatic heterocycles. The summed E-state index contributed by atoms with van der Waals surface area (Å²) in [7, 11) is -9.63. The summed E-state index contributed by atoms with van der Waals surface area (Å²) < 4.78 is 62.0. The molecule has 5 rings (SSSR count). The molecule has 0 radical (unpaired) electrons. The average molecular weight is 822 g/mol. The van der Waals surface area contributed by atoms with E-state index in [-0.39, 0.29) is 30.6 Å². The zero-order valence-corrected chi connectivity index (χ0v) is 31.4. The van der Waals surface area contributed by atoms with Crippen molar-refractivity contribution >= 4 is 43.6 Å². The van der Waals surface area contributed by atoms with Gasteiger partial charge < -0.3 is 67.8 Å². The third-order valence-corrected chi connectivity index (χ3v) is 11.8. The predicted octanol–water partition coefficient (Wildman–Crippen LogP) is 0.222. The number of hydrogen-bond acceptors (Lipinski definition) is 16. The average Bonchev–Trinajstić information content (AvgIpc) is 3.64. The minimum absolute atomic E-state index is 0.120. The molecule has 2 aliphatic rings. The lowest BCUT2D eigenvalue weighted by atomic mass is 9.86. The predicted molar refractivity (Wildman–Crippen MR) is 189 cm³/mol. The van der Waals surface area contributed by atoms with Crippen molar-refractivity contribution in [2.75, 3.05) is 90.0 Å². The molecule has 0 spiro atoms. The van der Waals surface area contributed by atoms with Gasteiger partial charge in [0, 0.05) is 0 Å². The van der Waals surface area contributed by atoms with Gasteiger partial charge in [-0.05, 0) is 29.3 Å². The molecule has 2 saturated heterocycles. The molecule has 1 aromatic carbocycles. The zero-order chi connectivity index (χ0) is 38.9. The first-order valence-electron chi connectivity index (χ1n) is 16.6. The molecule has 6 N–H and O–H groups in total. The molecule has 2 fully saturated rings. The highest BCUT2D eigenvalue weighted by atomic mass is 35.5. The number of benzene rings is 1. The Bertz CT molecular complexity index is 1820. The van der Waals surface area contributed by atoms with E-state index in [0.717, 1.165) is 4.68 Å². The number of rotatable bonds is 22. The third-order valence-electron chi connectivity index (χ3n) is 8.18. The molecule has 0 amide bonds. The van der Waals surface area contributed by atoms with Gasteiger partial charge in [0.1, 0.15) is 48.7 Å². The minimum atomic E-state index is -4.88. The van der Waals surface area contributed by atoms with Gasteiger partial charge in [0.15, 0.2) is 17.8 Å². The highest BCUT2D eigenvalue weighted by Crippen LogP contribution is 2.55. The SMILES string of the molecule is C#CCOCCOCCOCCOCCOc1ccc(C2(O)CN(c3nc(Cl)nc4c3cnn4[C@@H]3O[C@H](COP(=O)(O)CP(=O)(O)O)[C@@H](O)[C@H]3O)C2)cc1. The maximum atomic E-state index is 12.1. The molecule has 0 bridgehead atoms. The van der Waals surface area contributed by atoms with Gasteiger partial charge in [0.2, 0.25) is 5.28 Å². The molecule has 3 aromatic rings. The Kier molecular flexibility index (Phi) is 14.8. The Morgan fingerprint density at radius 2 is 1.54 bits per heavy atom. The molecule has 54 heavy (non-hydrogen) atoms. The molecule has 1 unspecified atom stereocenters. The molecular weight excluding hydrogens is 780 g/mol. The number of aromatic nitrogens is 4. The van der Waals surface area contributed by atoms with Crippen molar-refractivity contribution in [3.05, 3.63) is 41.3 Å². The van der Waals surface area contributed by atoms with E-state index in [9.17, 15) is 29.3 Å². The number of halogens is 1. The van der Waals surface area contributed by atoms with Crippen molar-refractivity contribution < 1.29 is 72.1 Å². The van der Waals surface area contributed by atoms with Gasteiger partial charge in [-0.25, -0.2) is 4.68 Å². The van der Waals surface area contributed by atoms with Gasteiger partial charge >= 0.3 is 15.2 Å². The van der Waals surface area contributed by atoms with Crippen molar-refractivity contribution in [1.29, 1.82) is 0 Å². The fourth-order valence-corrected chi connectivity index (χ4v) is 8.36. The summed E-state index contributed by atoms with van der Waals surface area (Å²) in [6.45, 7) is 3.03. The lowest BCUT2D eigenvalue weighted by molar-refractivity contribution is -0.0541. The molecule has 298 valence electrons. The highest BCUT2D eigenvalue weighted by Gasteiger charge is 2.47. The van der Waals surface area contributed by atoms with Gasteiger partial charge in [0.05, 0.1) is 77.5 Å². The molecule has 0 aliphatic carbocycles. The van der Waals surface area contributed by atoms with Crippen LogP contribution in [-0.4, -0.2) is 153 Å². The van der Waals surface area contributed by atoms with Crippen molar-refractivity contribution in [1.82, 2.24) is 19.7 Å². The number of aliphatic hydroxyl groups excluding tert-OH is 2. The topological polar surface area (TPSA) is 267 Å². The minimum Gasteiger partial charge on any atom is -0.491 e. The Morgan fingerprint density at radius 1 is 0.926 bits per heavy atom. The van der Waals surface area contributed by atoms with Gasteiger partial charge in [-0.1, -0.05) is 18.1 Å². The first-order valence-corrected chi connectivity index (χ1v) is 20.5. The van der Waals surface area contributed by atoms with Crippen LogP contribution < -0.4 is 9.64 Å². The molecule has 5 atom stereocenters. The second kappa shape index (κ2) is 18.9. The van der Waals surface area contributed by atoms with Gasteiger partial charge in [0.25, 0.3) is 0 Å². The van der Waals surface area contributed by atoms with E-state index in [1.807, 2.05) is 0 Å². The van der Waals surface area contributed by atoms with Crippen LogP contribution >= 0.6 is 26.8 Å². The molecule has 0 saturated carbocycles. The lowest BCUT2D eigenvalue weighted by Gasteiger charge is -2.47. The Hall–Kier alpha value is -2.80. The van der Waals surface area contributed by atoms with Crippen LogP contribution in [-0.2, 0) is 42.9 Å². The number of aliphatic hydroxyl groups is 3. The van der Waals surface area contributed by atoms with E-state index in [0.29, 0.717) is 75.4 Å². The van der Waals surface area contributed by atoms with Crippen molar-refractivity contribution in [3.8, 4) is 18.1 Å². The molecule has 4 heterocycles. The second-order valence-electron chi connectivity index (χ2n) is 12.3. The first-order chi connectivity index (χ1) is 25.7. The fourth-order valence-electron chi connectivity index (χ4n) is 5.63. The largest absolute Gasteiger partial charge is 0.491 e. The quantitative estimate of drug-likeness (QED) is 0.0343. The zero-order valence-electron chi connectivity index (χ0n) is 28.8. The molecule has 23 heteroatoms. The van der Waals surface area contributed by atoms with E-state index >= 15 is 0 Å². The monoisotopic (exact) mass is 821 g/mol. The van der Waals surface area contributed by atoms with Crippen molar-refractivity contribution in [2.45, 2.75) is 30.1 Å². The van der Waals surface area contributed by atoms with E-state index in [2.05, 4.69) is 21.0 Å². The Morgan fingerprint density at radius 3 is 2.15 bits per heavy atom. The number of hydrogen-bond donors (Lipinski definition) is 6. The van der Waals surface area contributed by atoms with E-state index in [4.69, 9.17) is 60.8 Å². The number of terminal acetylenes is 1. The van der Waals surface area contributed by atoms with Crippen LogP contribution in [0.1, 0.15) is 11.8 Å². The van der Waals surface area contributed by atoms with Crippen LogP contribution in [0.25, 0.3) is 11.0 Å². The summed E-state index contributed by atoms with van der Waals surface area (Å²) >= 11 is 6.26. The van der Waals surface area contributed by atoms with E-state index < -0.39 is 57.8 Å². The summed E-state index contributed by atoms with van der Waals surface area (Å²) in [6, 6.07) is 7.02. The lowest BCUT2D eigenvalue weighted by Crippen LogP contribution is -2.60. The molecule has 2 aliphatic heterocycles. The smallest absolute Gasteiger partial charge is 0.340 e. The van der Waals surface area contributed by atoms with E-state index in [1.165, 1.54) is 6.20 Å². The van der Waals surface area contributed by atoms with E-state index in [1.54, 1.807) is 29.2 Å². The third kappa shape index (κ3) is 11.4. The van der Waals surface area contributed by atoms with Gasteiger partial charge in [-0.15, -0.1) is 6.42 Å². The van der Waals surface area contributed by atoms with Crippen LogP contribution in [0.15, 0.2) is 30.5 Å². The second-order valence-corrected chi connectivity index (χ2v) is 16.6. The van der Waals surface area contributed by atoms with Crippen LogP contribution in [0, 0.1) is 12.3 Å². The maximum absolute atomic E-state index is 12.1. The summed E-state index contributed by atoms with van der Waals surface area (Å²) in [6.07, 6.45) is 0.527. The van der Waals surface area contributed by atoms with Crippen molar-refractivity contribution in [2.24, 2.45) is 0 Å². The molecule has 20 nitrogen and oxygen atoms in total. The fraction of sp³-hybridized carbons (Fsp3) is 0.581. The number of ether oxygens (including phenoxy) is 6. The first kappa shape index (κ1) is 42.3. The Balaban J connectivity index is 1.08. The van der Waals surface area contributed by atoms with Crippen LogP contribution in [0.4, 0.5) is 5.82 Å². The normalized spacial score (nSPS) is 22.2.